The molecular weight excluding hydrogens is 244 g/mol. The molecule has 0 saturated carbocycles. The summed E-state index contributed by atoms with van der Waals surface area (Å²) >= 11 is 6.16. The molecule has 0 fully saturated rings. The Labute approximate surface area is 113 Å². The highest BCUT2D eigenvalue weighted by Crippen LogP contribution is 2.24. The molecule has 1 N–H and O–H groups in total. The molecule has 1 aromatic heterocycles. The highest BCUT2D eigenvalue weighted by Gasteiger charge is 2.04. The molecule has 2 rings (SSSR count). The van der Waals surface area contributed by atoms with Crippen LogP contribution in [0, 0.1) is 0 Å². The summed E-state index contributed by atoms with van der Waals surface area (Å²) in [7, 11) is 0. The van der Waals surface area contributed by atoms with Crippen molar-refractivity contribution >= 4 is 22.5 Å². The van der Waals surface area contributed by atoms with Crippen LogP contribution in [0.15, 0.2) is 42.6 Å². The average molecular weight is 261 g/mol. The maximum atomic E-state index is 6.16. The Kier molecular flexibility index (Phi) is 4.73. The summed E-state index contributed by atoms with van der Waals surface area (Å²) in [4.78, 5) is 4.42. The largest absolute Gasteiger partial charge is 0.312 e. The second-order valence-electron chi connectivity index (χ2n) is 4.14. The van der Waals surface area contributed by atoms with Crippen molar-refractivity contribution < 1.29 is 0 Å². The lowest BCUT2D eigenvalue weighted by atomic mass is 10.1. The van der Waals surface area contributed by atoms with Gasteiger partial charge in [0.25, 0.3) is 0 Å². The van der Waals surface area contributed by atoms with Gasteiger partial charge in [0.1, 0.15) is 0 Å². The minimum atomic E-state index is 0.760. The molecule has 0 amide bonds. The van der Waals surface area contributed by atoms with E-state index in [9.17, 15) is 0 Å². The van der Waals surface area contributed by atoms with Crippen molar-refractivity contribution in [2.24, 2.45) is 0 Å². The Morgan fingerprint density at radius 1 is 1.33 bits per heavy atom. The monoisotopic (exact) mass is 260 g/mol. The van der Waals surface area contributed by atoms with Gasteiger partial charge in [-0.15, -0.1) is 0 Å². The summed E-state index contributed by atoms with van der Waals surface area (Å²) in [6, 6.07) is 7.90. The number of pyridine rings is 1. The van der Waals surface area contributed by atoms with E-state index in [1.54, 1.807) is 0 Å². The van der Waals surface area contributed by atoms with Crippen LogP contribution >= 0.6 is 11.6 Å². The van der Waals surface area contributed by atoms with Crippen molar-refractivity contribution in [1.29, 1.82) is 0 Å². The van der Waals surface area contributed by atoms with Crippen LogP contribution in [-0.2, 0) is 6.54 Å². The second kappa shape index (κ2) is 6.53. The summed E-state index contributed by atoms with van der Waals surface area (Å²) in [5, 5.41) is 5.19. The first-order chi connectivity index (χ1) is 8.83. The number of nitrogens with one attached hydrogen (secondary N) is 1. The third kappa shape index (κ3) is 3.09. The molecule has 0 aliphatic heterocycles. The second-order valence-corrected chi connectivity index (χ2v) is 4.55. The Bertz CT molecular complexity index is 549. The van der Waals surface area contributed by atoms with Crippen molar-refractivity contribution in [1.82, 2.24) is 10.3 Å². The maximum Gasteiger partial charge on any atom is 0.0761 e. The number of hydrogen-bond acceptors (Lipinski definition) is 2. The van der Waals surface area contributed by atoms with E-state index in [4.69, 9.17) is 11.6 Å². The van der Waals surface area contributed by atoms with Crippen LogP contribution in [0.3, 0.4) is 0 Å². The minimum absolute atomic E-state index is 0.760. The van der Waals surface area contributed by atoms with E-state index >= 15 is 0 Å². The third-order valence-electron chi connectivity index (χ3n) is 2.84. The van der Waals surface area contributed by atoms with Gasteiger partial charge in [-0.2, -0.15) is 0 Å². The minimum Gasteiger partial charge on any atom is -0.312 e. The molecule has 2 aromatic rings. The van der Waals surface area contributed by atoms with Gasteiger partial charge in [-0.25, -0.2) is 0 Å². The zero-order chi connectivity index (χ0) is 12.8. The van der Waals surface area contributed by atoms with Crippen molar-refractivity contribution in [3.05, 3.63) is 53.2 Å². The number of nitrogens with zero attached hydrogens (tertiary/aromatic N) is 1. The zero-order valence-corrected chi connectivity index (χ0v) is 11.2. The molecule has 1 heterocycles. The van der Waals surface area contributed by atoms with Crippen LogP contribution in [0.2, 0.25) is 5.02 Å². The van der Waals surface area contributed by atoms with Crippen LogP contribution in [0.4, 0.5) is 0 Å². The van der Waals surface area contributed by atoms with Gasteiger partial charge in [-0.05, 0) is 43.7 Å². The molecule has 0 aliphatic carbocycles. The van der Waals surface area contributed by atoms with Crippen LogP contribution in [0.25, 0.3) is 10.9 Å². The SMILES string of the molecule is C/C=C/CCNCc1ccc(Cl)c2cccnc12. The lowest BCUT2D eigenvalue weighted by molar-refractivity contribution is 0.697. The molecule has 0 spiro atoms. The lowest BCUT2D eigenvalue weighted by Gasteiger charge is -2.08. The number of halogens is 1. The summed E-state index contributed by atoms with van der Waals surface area (Å²) in [6.45, 7) is 3.83. The van der Waals surface area contributed by atoms with E-state index in [1.807, 2.05) is 37.4 Å². The molecular formula is C15H17ClN2. The fourth-order valence-corrected chi connectivity index (χ4v) is 2.13. The van der Waals surface area contributed by atoms with E-state index < -0.39 is 0 Å². The van der Waals surface area contributed by atoms with Gasteiger partial charge in [-0.1, -0.05) is 29.8 Å². The van der Waals surface area contributed by atoms with E-state index in [2.05, 4.69) is 22.5 Å². The highest BCUT2D eigenvalue weighted by molar-refractivity contribution is 6.35. The third-order valence-corrected chi connectivity index (χ3v) is 3.17. The molecule has 18 heavy (non-hydrogen) atoms. The molecule has 0 radical (unpaired) electrons. The molecule has 0 saturated heterocycles. The summed E-state index contributed by atoms with van der Waals surface area (Å²) < 4.78 is 0. The molecule has 0 unspecified atom stereocenters. The van der Waals surface area contributed by atoms with Crippen molar-refractivity contribution in [3.63, 3.8) is 0 Å². The average Bonchev–Trinajstić information content (AvgIpc) is 2.41. The van der Waals surface area contributed by atoms with Gasteiger partial charge in [-0.3, -0.25) is 4.98 Å². The molecule has 1 aromatic carbocycles. The smallest absolute Gasteiger partial charge is 0.0761 e. The Morgan fingerprint density at radius 2 is 2.22 bits per heavy atom. The summed E-state index contributed by atoms with van der Waals surface area (Å²) in [5.74, 6) is 0. The standard InChI is InChI=1S/C15H17ClN2/c1-2-3-4-9-17-11-12-7-8-14(16)13-6-5-10-18-15(12)13/h2-3,5-8,10,17H,4,9,11H2,1H3/b3-2+. The fourth-order valence-electron chi connectivity index (χ4n) is 1.91. The number of aromatic nitrogens is 1. The molecule has 0 bridgehead atoms. The number of rotatable bonds is 5. The summed E-state index contributed by atoms with van der Waals surface area (Å²) in [5.41, 5.74) is 2.18. The lowest BCUT2D eigenvalue weighted by Crippen LogP contribution is -2.14. The van der Waals surface area contributed by atoms with Gasteiger partial charge in [0.15, 0.2) is 0 Å². The maximum absolute atomic E-state index is 6.16. The van der Waals surface area contributed by atoms with Gasteiger partial charge in [0, 0.05) is 23.2 Å². The molecule has 0 aliphatic rings. The fraction of sp³-hybridized carbons (Fsp3) is 0.267. The Balaban J connectivity index is 2.11. The van der Waals surface area contributed by atoms with E-state index in [0.29, 0.717) is 0 Å². The van der Waals surface area contributed by atoms with E-state index in [1.165, 1.54) is 5.56 Å². The molecule has 94 valence electrons. The van der Waals surface area contributed by atoms with Gasteiger partial charge in [0.2, 0.25) is 0 Å². The first-order valence-corrected chi connectivity index (χ1v) is 6.54. The summed E-state index contributed by atoms with van der Waals surface area (Å²) in [6.07, 6.45) is 7.09. The van der Waals surface area contributed by atoms with Gasteiger partial charge < -0.3 is 5.32 Å². The van der Waals surface area contributed by atoms with E-state index in [-0.39, 0.29) is 0 Å². The number of allylic oxidation sites excluding steroid dienone is 1. The van der Waals surface area contributed by atoms with Crippen molar-refractivity contribution in [2.75, 3.05) is 6.54 Å². The first kappa shape index (κ1) is 13.1. The number of hydrogen-bond donors (Lipinski definition) is 1. The van der Waals surface area contributed by atoms with Gasteiger partial charge in [0.05, 0.1) is 5.52 Å². The predicted molar refractivity (Wildman–Crippen MR) is 77.9 cm³/mol. The van der Waals surface area contributed by atoms with E-state index in [0.717, 1.165) is 35.4 Å². The normalized spacial score (nSPS) is 11.4. The van der Waals surface area contributed by atoms with Crippen molar-refractivity contribution in [3.8, 4) is 0 Å². The van der Waals surface area contributed by atoms with Crippen LogP contribution in [0.1, 0.15) is 18.9 Å². The first-order valence-electron chi connectivity index (χ1n) is 6.17. The Morgan fingerprint density at radius 3 is 3.06 bits per heavy atom. The predicted octanol–water partition coefficient (Wildman–Crippen LogP) is 3.94. The topological polar surface area (TPSA) is 24.9 Å². The number of benzene rings is 1. The van der Waals surface area contributed by atoms with Crippen LogP contribution in [0.5, 0.6) is 0 Å². The molecule has 0 atom stereocenters. The van der Waals surface area contributed by atoms with Crippen LogP contribution < -0.4 is 5.32 Å². The quantitative estimate of drug-likeness (QED) is 0.651. The highest BCUT2D eigenvalue weighted by atomic mass is 35.5. The van der Waals surface area contributed by atoms with Crippen LogP contribution in [-0.4, -0.2) is 11.5 Å². The van der Waals surface area contributed by atoms with Crippen molar-refractivity contribution in [2.45, 2.75) is 19.9 Å². The number of fused-ring (bicyclic) bond motifs is 1. The Hall–Kier alpha value is -1.38. The molecule has 2 nitrogen and oxygen atoms in total. The van der Waals surface area contributed by atoms with Gasteiger partial charge >= 0.3 is 0 Å². The zero-order valence-electron chi connectivity index (χ0n) is 10.5. The molecule has 3 heteroatoms.